The number of anilines is 2. The number of rotatable bonds is 7. The average Bonchev–Trinajstić information content (AvgIpc) is 2.80. The Morgan fingerprint density at radius 3 is 2.57 bits per heavy atom. The standard InChI is InChI=1S/C14H19N3O3S3/c1-3-23(19,20)16-10-4-6-11(7-5-10)17-13(18)12(8-9-22-2)15-14(17)21/h4-7,12,16H,3,8-9H2,1-2H3,(H,15,21). The molecule has 1 aliphatic heterocycles. The van der Waals surface area contributed by atoms with Gasteiger partial charge in [0.15, 0.2) is 5.11 Å². The van der Waals surface area contributed by atoms with E-state index in [9.17, 15) is 13.2 Å². The molecule has 1 fully saturated rings. The van der Waals surface area contributed by atoms with E-state index >= 15 is 0 Å². The lowest BCUT2D eigenvalue weighted by atomic mass is 10.2. The number of thioether (sulfide) groups is 1. The van der Waals surface area contributed by atoms with Gasteiger partial charge in [0.05, 0.1) is 11.4 Å². The molecule has 1 atom stereocenters. The third kappa shape index (κ3) is 4.36. The van der Waals surface area contributed by atoms with Crippen molar-refractivity contribution in [2.75, 3.05) is 27.4 Å². The fourth-order valence-corrected chi connectivity index (χ4v) is 3.59. The number of thiocarbonyl (C=S) groups is 1. The molecule has 9 heteroatoms. The molecule has 0 aliphatic carbocycles. The predicted octanol–water partition coefficient (Wildman–Crippen LogP) is 1.79. The van der Waals surface area contributed by atoms with E-state index in [2.05, 4.69) is 10.0 Å². The molecule has 0 aromatic heterocycles. The first kappa shape index (κ1) is 18.0. The molecular weight excluding hydrogens is 354 g/mol. The highest BCUT2D eigenvalue weighted by atomic mass is 32.2. The molecule has 1 aromatic carbocycles. The lowest BCUT2D eigenvalue weighted by molar-refractivity contribution is -0.118. The highest BCUT2D eigenvalue weighted by Crippen LogP contribution is 2.23. The molecule has 2 rings (SSSR count). The number of amides is 1. The molecule has 1 heterocycles. The molecular formula is C14H19N3O3S3. The van der Waals surface area contributed by atoms with Gasteiger partial charge >= 0.3 is 0 Å². The molecule has 0 saturated carbocycles. The van der Waals surface area contributed by atoms with Crippen LogP contribution >= 0.6 is 24.0 Å². The summed E-state index contributed by atoms with van der Waals surface area (Å²) in [6.07, 6.45) is 2.70. The highest BCUT2D eigenvalue weighted by molar-refractivity contribution is 7.98. The smallest absolute Gasteiger partial charge is 0.255 e. The summed E-state index contributed by atoms with van der Waals surface area (Å²) in [6.45, 7) is 1.57. The molecule has 23 heavy (non-hydrogen) atoms. The largest absolute Gasteiger partial charge is 0.350 e. The highest BCUT2D eigenvalue weighted by Gasteiger charge is 2.35. The first-order valence-electron chi connectivity index (χ1n) is 7.12. The Hall–Kier alpha value is -1.32. The van der Waals surface area contributed by atoms with Gasteiger partial charge < -0.3 is 5.32 Å². The van der Waals surface area contributed by atoms with E-state index in [1.165, 1.54) is 4.90 Å². The van der Waals surface area contributed by atoms with Gasteiger partial charge in [-0.25, -0.2) is 8.42 Å². The predicted molar refractivity (Wildman–Crippen MR) is 99.5 cm³/mol. The first-order chi connectivity index (χ1) is 10.9. The van der Waals surface area contributed by atoms with Crippen molar-refractivity contribution in [1.82, 2.24) is 5.32 Å². The van der Waals surface area contributed by atoms with Crippen molar-refractivity contribution < 1.29 is 13.2 Å². The maximum Gasteiger partial charge on any atom is 0.255 e. The van der Waals surface area contributed by atoms with Crippen molar-refractivity contribution >= 4 is 56.4 Å². The molecule has 1 aromatic rings. The maximum absolute atomic E-state index is 12.4. The normalized spacial score (nSPS) is 18.2. The molecule has 1 saturated heterocycles. The maximum atomic E-state index is 12.4. The Morgan fingerprint density at radius 1 is 1.35 bits per heavy atom. The third-order valence-electron chi connectivity index (χ3n) is 3.41. The number of hydrogen-bond acceptors (Lipinski definition) is 5. The molecule has 0 bridgehead atoms. The second kappa shape index (κ2) is 7.50. The fourth-order valence-electron chi connectivity index (χ4n) is 2.14. The van der Waals surface area contributed by atoms with E-state index < -0.39 is 10.0 Å². The second-order valence-electron chi connectivity index (χ2n) is 5.01. The lowest BCUT2D eigenvalue weighted by Crippen LogP contribution is -2.31. The minimum atomic E-state index is -3.32. The van der Waals surface area contributed by atoms with Gasteiger partial charge in [-0.15, -0.1) is 0 Å². The Morgan fingerprint density at radius 2 is 2.00 bits per heavy atom. The van der Waals surface area contributed by atoms with Gasteiger partial charge in [-0.1, -0.05) is 0 Å². The topological polar surface area (TPSA) is 78.5 Å². The van der Waals surface area contributed by atoms with Crippen LogP contribution in [0, 0.1) is 0 Å². The minimum Gasteiger partial charge on any atom is -0.350 e. The van der Waals surface area contributed by atoms with Gasteiger partial charge in [-0.3, -0.25) is 14.4 Å². The zero-order valence-electron chi connectivity index (χ0n) is 12.9. The van der Waals surface area contributed by atoms with Crippen LogP contribution in [0.3, 0.4) is 0 Å². The van der Waals surface area contributed by atoms with Crippen LogP contribution in [0.25, 0.3) is 0 Å². The van der Waals surface area contributed by atoms with Crippen LogP contribution in [0.2, 0.25) is 0 Å². The van der Waals surface area contributed by atoms with E-state index in [4.69, 9.17) is 12.2 Å². The molecule has 0 spiro atoms. The van der Waals surface area contributed by atoms with Crippen LogP contribution in [0.4, 0.5) is 11.4 Å². The van der Waals surface area contributed by atoms with Crippen molar-refractivity contribution in [1.29, 1.82) is 0 Å². The van der Waals surface area contributed by atoms with Crippen LogP contribution in [0.1, 0.15) is 13.3 Å². The minimum absolute atomic E-state index is 0.00445. The quantitative estimate of drug-likeness (QED) is 0.710. The summed E-state index contributed by atoms with van der Waals surface area (Å²) in [4.78, 5) is 13.9. The third-order valence-corrected chi connectivity index (χ3v) is 5.66. The summed E-state index contributed by atoms with van der Waals surface area (Å²) in [6, 6.07) is 6.29. The van der Waals surface area contributed by atoms with E-state index in [1.54, 1.807) is 43.0 Å². The van der Waals surface area contributed by atoms with Gasteiger partial charge in [-0.05, 0) is 61.8 Å². The monoisotopic (exact) mass is 373 g/mol. The van der Waals surface area contributed by atoms with Gasteiger partial charge in [0.25, 0.3) is 5.91 Å². The number of nitrogens with zero attached hydrogens (tertiary/aromatic N) is 1. The fraction of sp³-hybridized carbons (Fsp3) is 0.429. The average molecular weight is 374 g/mol. The van der Waals surface area contributed by atoms with Crippen molar-refractivity contribution in [2.24, 2.45) is 0 Å². The number of sulfonamides is 1. The van der Waals surface area contributed by atoms with Crippen molar-refractivity contribution in [3.05, 3.63) is 24.3 Å². The van der Waals surface area contributed by atoms with E-state index in [1.807, 2.05) is 6.26 Å². The SMILES string of the molecule is CCS(=O)(=O)Nc1ccc(N2C(=O)C(CCSC)NC2=S)cc1. The number of carbonyl (C=O) groups is 1. The Kier molecular flexibility index (Phi) is 5.88. The summed E-state index contributed by atoms with van der Waals surface area (Å²) in [5.41, 5.74) is 1.08. The van der Waals surface area contributed by atoms with E-state index in [-0.39, 0.29) is 17.7 Å². The molecule has 1 aliphatic rings. The molecule has 126 valence electrons. The summed E-state index contributed by atoms with van der Waals surface area (Å²) in [5.74, 6) is 0.799. The molecule has 6 nitrogen and oxygen atoms in total. The van der Waals surface area contributed by atoms with E-state index in [0.717, 1.165) is 5.75 Å². The summed E-state index contributed by atoms with van der Waals surface area (Å²) >= 11 is 6.92. The van der Waals surface area contributed by atoms with Crippen molar-refractivity contribution in [2.45, 2.75) is 19.4 Å². The van der Waals surface area contributed by atoms with Crippen molar-refractivity contribution in [3.8, 4) is 0 Å². The molecule has 2 N–H and O–H groups in total. The van der Waals surface area contributed by atoms with Crippen LogP contribution in [0.5, 0.6) is 0 Å². The zero-order chi connectivity index (χ0) is 17.0. The van der Waals surface area contributed by atoms with Crippen LogP contribution in [0.15, 0.2) is 24.3 Å². The summed E-state index contributed by atoms with van der Waals surface area (Å²) in [5, 5.41) is 3.41. The molecule has 1 amide bonds. The Labute approximate surface area is 146 Å². The zero-order valence-corrected chi connectivity index (χ0v) is 15.4. The van der Waals surface area contributed by atoms with Gasteiger partial charge in [-0.2, -0.15) is 11.8 Å². The number of hydrogen-bond donors (Lipinski definition) is 2. The van der Waals surface area contributed by atoms with Gasteiger partial charge in [0.1, 0.15) is 6.04 Å². The van der Waals surface area contributed by atoms with Gasteiger partial charge in [0.2, 0.25) is 10.0 Å². The van der Waals surface area contributed by atoms with Crippen LogP contribution in [-0.2, 0) is 14.8 Å². The summed E-state index contributed by atoms with van der Waals surface area (Å²) < 4.78 is 25.6. The number of nitrogens with one attached hydrogen (secondary N) is 2. The van der Waals surface area contributed by atoms with E-state index in [0.29, 0.717) is 22.9 Å². The Bertz CT molecular complexity index is 689. The summed E-state index contributed by atoms with van der Waals surface area (Å²) in [7, 11) is -3.32. The van der Waals surface area contributed by atoms with Gasteiger partial charge in [0, 0.05) is 5.69 Å². The second-order valence-corrected chi connectivity index (χ2v) is 8.39. The van der Waals surface area contributed by atoms with Crippen LogP contribution in [-0.4, -0.2) is 43.2 Å². The molecule has 1 unspecified atom stereocenters. The number of carbonyl (C=O) groups excluding carboxylic acids is 1. The number of benzene rings is 1. The van der Waals surface area contributed by atoms with Crippen LogP contribution < -0.4 is 14.9 Å². The lowest BCUT2D eigenvalue weighted by Gasteiger charge is -2.15. The first-order valence-corrected chi connectivity index (χ1v) is 10.6. The Balaban J connectivity index is 2.13. The molecule has 0 radical (unpaired) electrons. The van der Waals surface area contributed by atoms with Crippen molar-refractivity contribution in [3.63, 3.8) is 0 Å².